The van der Waals surface area contributed by atoms with E-state index in [9.17, 15) is 87.5 Å². The average molecular weight is 1270 g/mol. The maximum absolute atomic E-state index is 14.3. The molecule has 90 heavy (non-hydrogen) atoms. The van der Waals surface area contributed by atoms with Crippen LogP contribution in [-0.4, -0.2) is 188 Å². The van der Waals surface area contributed by atoms with Gasteiger partial charge >= 0.3 is 17.9 Å². The molecule has 2 rings (SSSR count). The van der Waals surface area contributed by atoms with Crippen LogP contribution in [0.1, 0.15) is 126 Å². The molecule has 12 atom stereocenters. The Balaban J connectivity index is 2.36. The van der Waals surface area contributed by atoms with E-state index in [0.29, 0.717) is 6.42 Å². The number of carbonyl (C=O) groups excluding carboxylic acids is 11. The van der Waals surface area contributed by atoms with Crippen LogP contribution < -0.4 is 70.4 Å². The largest absolute Gasteiger partial charge is 0.481 e. The number of carboxylic acid groups (broad SMARTS) is 3. The highest BCUT2D eigenvalue weighted by atomic mass is 16.4. The summed E-state index contributed by atoms with van der Waals surface area (Å²) < 4.78 is 0. The predicted octanol–water partition coefficient (Wildman–Crippen LogP) is -3.27. The Morgan fingerprint density at radius 1 is 0.511 bits per heavy atom. The molecule has 0 aliphatic carbocycles. The van der Waals surface area contributed by atoms with Crippen LogP contribution in [-0.2, 0) is 73.5 Å². The highest BCUT2D eigenvalue weighted by Crippen LogP contribution is 2.19. The Labute approximate surface area is 521 Å². The van der Waals surface area contributed by atoms with Crippen molar-refractivity contribution >= 4 is 93.8 Å². The minimum atomic E-state index is -2.04. The molecule has 32 nitrogen and oxygen atoms in total. The smallest absolute Gasteiger partial charge is 0.326 e. The Morgan fingerprint density at radius 2 is 0.944 bits per heavy atom. The number of unbranched alkanes of at least 4 members (excludes halogenated alkanes) is 1. The molecule has 0 saturated heterocycles. The number of para-hydroxylation sites is 1. The van der Waals surface area contributed by atoms with Crippen LogP contribution in [0.25, 0.3) is 10.9 Å². The van der Waals surface area contributed by atoms with Crippen LogP contribution in [0.3, 0.4) is 0 Å². The van der Waals surface area contributed by atoms with Crippen LogP contribution in [0.5, 0.6) is 0 Å². The number of aliphatic hydroxyl groups excluding tert-OH is 1. The van der Waals surface area contributed by atoms with Gasteiger partial charge in [-0.1, -0.05) is 80.0 Å². The highest BCUT2D eigenvalue weighted by Gasteiger charge is 2.38. The number of primary amides is 1. The van der Waals surface area contributed by atoms with Crippen molar-refractivity contribution in [1.82, 2.24) is 58.2 Å². The van der Waals surface area contributed by atoms with Gasteiger partial charge in [-0.2, -0.15) is 0 Å². The minimum Gasteiger partial charge on any atom is -0.481 e. The van der Waals surface area contributed by atoms with Crippen molar-refractivity contribution in [3.8, 4) is 0 Å². The minimum absolute atomic E-state index is 0.0337. The van der Waals surface area contributed by atoms with Gasteiger partial charge in [0.05, 0.1) is 31.9 Å². The summed E-state index contributed by atoms with van der Waals surface area (Å²) in [6.07, 6.45) is -0.805. The number of amides is 11. The Kier molecular flexibility index (Phi) is 32.6. The topological polar surface area (TPSA) is 534 Å². The third-order valence-electron chi connectivity index (χ3n) is 14.4. The molecular formula is C58H92N14O18. The number of carbonyl (C=O) groups is 14. The molecule has 1 aromatic carbocycles. The van der Waals surface area contributed by atoms with Crippen LogP contribution in [0.2, 0.25) is 0 Å². The second-order valence-electron chi connectivity index (χ2n) is 23.4. The summed E-state index contributed by atoms with van der Waals surface area (Å²) in [4.78, 5) is 189. The number of nitrogens with one attached hydrogen (secondary N) is 11. The summed E-state index contributed by atoms with van der Waals surface area (Å²) in [5.41, 5.74) is 19.0. The third kappa shape index (κ3) is 26.1. The summed E-state index contributed by atoms with van der Waals surface area (Å²) >= 11 is 0. The summed E-state index contributed by atoms with van der Waals surface area (Å²) in [5.74, 6) is -18.4. The Bertz CT molecular complexity index is 2850. The van der Waals surface area contributed by atoms with Gasteiger partial charge in [-0.25, -0.2) is 4.79 Å². The Hall–Kier alpha value is -8.78. The first-order chi connectivity index (χ1) is 42.1. The zero-order valence-electron chi connectivity index (χ0n) is 52.3. The van der Waals surface area contributed by atoms with Crippen molar-refractivity contribution in [1.29, 1.82) is 0 Å². The number of carboxylic acids is 3. The van der Waals surface area contributed by atoms with Gasteiger partial charge in [0.1, 0.15) is 60.4 Å². The molecule has 1 heterocycles. The molecule has 0 radical (unpaired) electrons. The molecule has 0 unspecified atom stereocenters. The van der Waals surface area contributed by atoms with Gasteiger partial charge in [0.25, 0.3) is 0 Å². The lowest BCUT2D eigenvalue weighted by atomic mass is 9.96. The zero-order valence-corrected chi connectivity index (χ0v) is 52.3. The van der Waals surface area contributed by atoms with Crippen LogP contribution >= 0.6 is 0 Å². The van der Waals surface area contributed by atoms with Crippen molar-refractivity contribution in [2.24, 2.45) is 40.9 Å². The van der Waals surface area contributed by atoms with Crippen LogP contribution in [0, 0.1) is 23.7 Å². The summed E-state index contributed by atoms with van der Waals surface area (Å²) in [6.45, 7) is 13.4. The third-order valence-corrected chi connectivity index (χ3v) is 14.4. The molecule has 2 aromatic rings. The second-order valence-corrected chi connectivity index (χ2v) is 23.4. The number of benzene rings is 1. The number of hydrogen-bond acceptors (Lipinski definition) is 17. The zero-order chi connectivity index (χ0) is 68.3. The predicted molar refractivity (Wildman–Crippen MR) is 324 cm³/mol. The van der Waals surface area contributed by atoms with E-state index in [-0.39, 0.29) is 51.0 Å². The summed E-state index contributed by atoms with van der Waals surface area (Å²) in [6, 6.07) is -9.93. The van der Waals surface area contributed by atoms with Crippen LogP contribution in [0.4, 0.5) is 0 Å². The van der Waals surface area contributed by atoms with E-state index < -0.39 is 193 Å². The fourth-order valence-electron chi connectivity index (χ4n) is 9.20. The molecule has 0 bridgehead atoms. The average Bonchev–Trinajstić information content (AvgIpc) is 3.52. The lowest BCUT2D eigenvalue weighted by Crippen LogP contribution is -2.62. The quantitative estimate of drug-likeness (QED) is 0.0291. The lowest BCUT2D eigenvalue weighted by molar-refractivity contribution is -0.145. The fraction of sp³-hybridized carbons (Fsp3) is 0.621. The first-order valence-corrected chi connectivity index (χ1v) is 29.7. The summed E-state index contributed by atoms with van der Waals surface area (Å²) in [5, 5.41) is 63.8. The molecule has 502 valence electrons. The van der Waals surface area contributed by atoms with Crippen LogP contribution in [0.15, 0.2) is 30.5 Å². The first kappa shape index (κ1) is 77.3. The first-order valence-electron chi connectivity index (χ1n) is 29.7. The van der Waals surface area contributed by atoms with Gasteiger partial charge in [-0.15, -0.1) is 0 Å². The maximum Gasteiger partial charge on any atom is 0.326 e. The number of aliphatic hydroxyl groups is 1. The molecular weight excluding hydrogens is 1180 g/mol. The normalized spacial score (nSPS) is 15.3. The highest BCUT2D eigenvalue weighted by molar-refractivity contribution is 6.01. The van der Waals surface area contributed by atoms with Crippen molar-refractivity contribution in [3.63, 3.8) is 0 Å². The number of fused-ring (bicyclic) bond motifs is 1. The number of rotatable bonds is 41. The number of H-pyrrole nitrogens is 1. The number of aromatic nitrogens is 1. The van der Waals surface area contributed by atoms with Crippen molar-refractivity contribution in [2.45, 2.75) is 193 Å². The van der Waals surface area contributed by atoms with E-state index >= 15 is 0 Å². The van der Waals surface area contributed by atoms with E-state index in [1.165, 1.54) is 27.7 Å². The van der Waals surface area contributed by atoms with Gasteiger partial charge in [-0.05, 0) is 87.3 Å². The molecule has 32 heteroatoms. The van der Waals surface area contributed by atoms with E-state index in [4.69, 9.17) is 17.2 Å². The number of nitrogens with two attached hydrogens (primary N) is 3. The number of hydrogen-bond donors (Lipinski definition) is 18. The van der Waals surface area contributed by atoms with Gasteiger partial charge in [0.15, 0.2) is 0 Å². The van der Waals surface area contributed by atoms with E-state index in [2.05, 4.69) is 58.2 Å². The van der Waals surface area contributed by atoms with Crippen molar-refractivity contribution in [2.75, 3.05) is 13.2 Å². The molecule has 21 N–H and O–H groups in total. The molecule has 0 aliphatic rings. The Morgan fingerprint density at radius 3 is 1.41 bits per heavy atom. The fourth-order valence-corrected chi connectivity index (χ4v) is 9.20. The van der Waals surface area contributed by atoms with Crippen molar-refractivity contribution < 1.29 is 87.5 Å². The number of aromatic amines is 1. The molecule has 0 aliphatic heterocycles. The van der Waals surface area contributed by atoms with E-state index in [1.807, 2.05) is 24.3 Å². The van der Waals surface area contributed by atoms with Gasteiger partial charge in [0.2, 0.25) is 65.0 Å². The SMILES string of the molecule is CC[C@H](C)[C@H](NC(=O)[C@H](CCCCN)NC(=O)[C@H](CC(C)C)NC(=O)[C@H](CO)NC(=O)[C@H](C)NC(=O)[C@@H](N)Cc1c[nH]c2ccccc12)C(=O)N[C@@H](CC(=O)O)C(=O)N[C@@H](CC(N)=O)C(=O)N[C@@H](CC(C)C)C(=O)N[C@@H](CC(=O)O)C(=O)N[C@H](C(=O)O)C(C)C. The van der Waals surface area contributed by atoms with E-state index in [1.54, 1.807) is 40.8 Å². The monoisotopic (exact) mass is 1270 g/mol. The maximum atomic E-state index is 14.3. The number of aliphatic carboxylic acids is 3. The second kappa shape index (κ2) is 37.9. The van der Waals surface area contributed by atoms with Gasteiger partial charge in [0, 0.05) is 17.1 Å². The standard InChI is InChI=1S/C58H92N14O18/c1-10-30(8)47(57(88)69-40(23-44(75)76)54(85)67-39(22-43(61)74)53(84)65-38(20-28(4)5)52(83)68-41(24-45(77)78)55(86)71-46(29(6)7)58(89)90)72-50(81)36(17-13-14-18-59)64-51(82)37(19-27(2)3)66-56(87)42(26-73)70-48(79)31(9)63-49(80)34(60)21-32-25-62-35-16-12-11-15-33(32)35/h11-12,15-16,25,27-31,34,36-42,46-47,62,73H,10,13-14,17-24,26,59-60H2,1-9H3,(H2,61,74)(H,63,80)(H,64,82)(H,65,84)(H,66,87)(H,67,85)(H,68,83)(H,69,88)(H,70,79)(H,71,86)(H,72,81)(H,75,76)(H,77,78)(H,89,90)/t30-,31-,34-,36-,37-,38-,39-,40-,41-,42-,46-,47-/m0/s1. The molecule has 1 aromatic heterocycles. The van der Waals surface area contributed by atoms with E-state index in [0.717, 1.165) is 16.5 Å². The summed E-state index contributed by atoms with van der Waals surface area (Å²) in [7, 11) is 0. The lowest BCUT2D eigenvalue weighted by Gasteiger charge is -2.30. The van der Waals surface area contributed by atoms with Crippen molar-refractivity contribution in [3.05, 3.63) is 36.0 Å². The molecule has 0 saturated carbocycles. The van der Waals surface area contributed by atoms with Gasteiger partial charge in [-0.3, -0.25) is 62.3 Å². The molecule has 0 spiro atoms. The molecule has 0 fully saturated rings. The molecule has 11 amide bonds. The van der Waals surface area contributed by atoms with Gasteiger partial charge < -0.3 is 95.8 Å².